The van der Waals surface area contributed by atoms with Gasteiger partial charge in [0.2, 0.25) is 0 Å². The number of halogens is 2. The van der Waals surface area contributed by atoms with Crippen molar-refractivity contribution in [2.75, 3.05) is 0 Å². The van der Waals surface area contributed by atoms with Crippen molar-refractivity contribution in [2.45, 2.75) is 26.2 Å². The second-order valence-corrected chi connectivity index (χ2v) is 3.54. The average molecular weight is 295 g/mol. The summed E-state index contributed by atoms with van der Waals surface area (Å²) in [7, 11) is 0. The van der Waals surface area contributed by atoms with Crippen molar-refractivity contribution in [1.29, 1.82) is 0 Å². The van der Waals surface area contributed by atoms with Crippen LogP contribution in [0.3, 0.4) is 0 Å². The zero-order valence-electron chi connectivity index (χ0n) is 8.07. The van der Waals surface area contributed by atoms with E-state index in [1.165, 1.54) is 5.56 Å². The van der Waals surface area contributed by atoms with Gasteiger partial charge in [-0.15, -0.1) is 0 Å². The molecule has 1 rings (SSSR count). The summed E-state index contributed by atoms with van der Waals surface area (Å²) in [5.41, 5.74) is 1.64. The Bertz CT molecular complexity index is 204. The summed E-state index contributed by atoms with van der Waals surface area (Å²) in [5.74, 6) is 0. The first-order valence-corrected chi connectivity index (χ1v) is 3.57. The van der Waals surface area contributed by atoms with Crippen LogP contribution in [-0.2, 0) is 31.6 Å². The van der Waals surface area contributed by atoms with Crippen molar-refractivity contribution in [2.24, 2.45) is 0 Å². The minimum atomic E-state index is 0. The SMILES string of the molecule is CC(C)(C)c1cc[c-]cc1.[Cl-].[Cl-].[Zr+3]. The van der Waals surface area contributed by atoms with Gasteiger partial charge in [-0.1, -0.05) is 20.8 Å². The molecular weight excluding hydrogens is 282 g/mol. The second-order valence-electron chi connectivity index (χ2n) is 3.54. The van der Waals surface area contributed by atoms with Gasteiger partial charge in [0.15, 0.2) is 0 Å². The minimum absolute atomic E-state index is 0. The van der Waals surface area contributed by atoms with E-state index in [-0.39, 0.29) is 56.4 Å². The third-order valence-electron chi connectivity index (χ3n) is 1.58. The van der Waals surface area contributed by atoms with Crippen LogP contribution in [0, 0.1) is 6.07 Å². The van der Waals surface area contributed by atoms with E-state index in [2.05, 4.69) is 39.0 Å². The molecule has 0 aliphatic carbocycles. The summed E-state index contributed by atoms with van der Waals surface area (Å²) < 4.78 is 0. The Balaban J connectivity index is -0.000000333. The number of benzene rings is 1. The molecule has 0 bridgehead atoms. The predicted molar refractivity (Wildman–Crippen MR) is 44.0 cm³/mol. The van der Waals surface area contributed by atoms with Crippen LogP contribution in [0.25, 0.3) is 0 Å². The van der Waals surface area contributed by atoms with Crippen LogP contribution in [0.5, 0.6) is 0 Å². The Morgan fingerprint density at radius 2 is 1.38 bits per heavy atom. The zero-order valence-corrected chi connectivity index (χ0v) is 12.0. The summed E-state index contributed by atoms with van der Waals surface area (Å²) in [6.45, 7) is 6.63. The topological polar surface area (TPSA) is 0 Å². The first-order valence-electron chi connectivity index (χ1n) is 3.57. The fraction of sp³-hybridized carbons (Fsp3) is 0.400. The van der Waals surface area contributed by atoms with Gasteiger partial charge in [0.25, 0.3) is 0 Å². The molecule has 0 N–H and O–H groups in total. The third-order valence-corrected chi connectivity index (χ3v) is 1.58. The van der Waals surface area contributed by atoms with Crippen LogP contribution in [0.4, 0.5) is 0 Å². The van der Waals surface area contributed by atoms with E-state index in [1.807, 2.05) is 12.1 Å². The molecule has 0 nitrogen and oxygen atoms in total. The largest absolute Gasteiger partial charge is 3.00 e. The van der Waals surface area contributed by atoms with Gasteiger partial charge in [0.1, 0.15) is 0 Å². The molecule has 0 aliphatic heterocycles. The van der Waals surface area contributed by atoms with Crippen LogP contribution in [0.1, 0.15) is 26.3 Å². The fourth-order valence-electron chi connectivity index (χ4n) is 0.887. The molecule has 0 heterocycles. The summed E-state index contributed by atoms with van der Waals surface area (Å²) >= 11 is 0. The Labute approximate surface area is 112 Å². The molecule has 0 spiro atoms. The summed E-state index contributed by atoms with van der Waals surface area (Å²) in [5, 5.41) is 0. The second kappa shape index (κ2) is 8.03. The van der Waals surface area contributed by atoms with Gasteiger partial charge >= 0.3 is 26.2 Å². The summed E-state index contributed by atoms with van der Waals surface area (Å²) in [6.07, 6.45) is 0. The molecule has 1 aromatic carbocycles. The molecule has 0 saturated heterocycles. The molecule has 0 fully saturated rings. The molecular formula is C10H13Cl2Zr. The molecule has 0 saturated carbocycles. The van der Waals surface area contributed by atoms with E-state index in [0.717, 1.165) is 0 Å². The first-order chi connectivity index (χ1) is 4.61. The number of hydrogen-bond donors (Lipinski definition) is 0. The van der Waals surface area contributed by atoms with E-state index < -0.39 is 0 Å². The quantitative estimate of drug-likeness (QED) is 0.442. The van der Waals surface area contributed by atoms with E-state index in [1.54, 1.807) is 0 Å². The Hall–Kier alpha value is 0.683. The molecule has 0 amide bonds. The van der Waals surface area contributed by atoms with E-state index >= 15 is 0 Å². The normalized spacial score (nSPS) is 8.85. The van der Waals surface area contributed by atoms with E-state index in [9.17, 15) is 0 Å². The van der Waals surface area contributed by atoms with Crippen LogP contribution >= 0.6 is 0 Å². The molecule has 0 aliphatic rings. The van der Waals surface area contributed by atoms with Crippen molar-refractivity contribution < 1.29 is 51.0 Å². The van der Waals surface area contributed by atoms with Crippen molar-refractivity contribution in [3.8, 4) is 0 Å². The Morgan fingerprint density at radius 3 is 1.62 bits per heavy atom. The van der Waals surface area contributed by atoms with Gasteiger partial charge in [0, 0.05) is 0 Å². The predicted octanol–water partition coefficient (Wildman–Crippen LogP) is -3.21. The van der Waals surface area contributed by atoms with Crippen LogP contribution < -0.4 is 24.8 Å². The van der Waals surface area contributed by atoms with Crippen molar-refractivity contribution in [3.05, 3.63) is 35.9 Å². The Kier molecular flexibility index (Phi) is 11.9. The molecule has 3 heteroatoms. The maximum Gasteiger partial charge on any atom is 3.00 e. The van der Waals surface area contributed by atoms with Crippen molar-refractivity contribution in [1.82, 2.24) is 0 Å². The van der Waals surface area contributed by atoms with E-state index in [4.69, 9.17) is 0 Å². The van der Waals surface area contributed by atoms with Gasteiger partial charge in [0.05, 0.1) is 0 Å². The molecule has 0 atom stereocenters. The van der Waals surface area contributed by atoms with Gasteiger partial charge in [-0.2, -0.15) is 35.9 Å². The molecule has 71 valence electrons. The molecule has 1 radical (unpaired) electrons. The van der Waals surface area contributed by atoms with E-state index in [0.29, 0.717) is 0 Å². The monoisotopic (exact) mass is 293 g/mol. The van der Waals surface area contributed by atoms with Crippen LogP contribution in [0.15, 0.2) is 24.3 Å². The summed E-state index contributed by atoms with van der Waals surface area (Å²) in [4.78, 5) is 0. The molecule has 13 heavy (non-hydrogen) atoms. The Morgan fingerprint density at radius 1 is 1.00 bits per heavy atom. The van der Waals surface area contributed by atoms with Gasteiger partial charge in [-0.25, -0.2) is 0 Å². The molecule has 1 aromatic rings. The standard InChI is InChI=1S/C10H13.2ClH.Zr/c1-10(2,3)9-7-5-4-6-8-9;;;/h5-8H,1-3H3;2*1H;/q-1;;;+3/p-2. The van der Waals surface area contributed by atoms with Crippen molar-refractivity contribution >= 4 is 0 Å². The zero-order chi connectivity index (χ0) is 7.61. The third kappa shape index (κ3) is 6.71. The van der Waals surface area contributed by atoms with Gasteiger partial charge < -0.3 is 24.8 Å². The van der Waals surface area contributed by atoms with Gasteiger partial charge in [-0.05, 0) is 5.41 Å². The summed E-state index contributed by atoms with van der Waals surface area (Å²) in [6, 6.07) is 11.1. The average Bonchev–Trinajstić information content (AvgIpc) is 1.88. The molecule has 0 unspecified atom stereocenters. The fourth-order valence-corrected chi connectivity index (χ4v) is 0.887. The first kappa shape index (κ1) is 19.3. The smallest absolute Gasteiger partial charge is 1.00 e. The minimum Gasteiger partial charge on any atom is -1.00 e. The van der Waals surface area contributed by atoms with Crippen LogP contribution in [-0.4, -0.2) is 0 Å². The van der Waals surface area contributed by atoms with Crippen LogP contribution in [0.2, 0.25) is 0 Å². The number of rotatable bonds is 0. The number of hydrogen-bond acceptors (Lipinski definition) is 0. The molecule has 0 aromatic heterocycles. The maximum absolute atomic E-state index is 3.00. The van der Waals surface area contributed by atoms with Gasteiger partial charge in [-0.3, -0.25) is 0 Å². The van der Waals surface area contributed by atoms with Crippen molar-refractivity contribution in [3.63, 3.8) is 0 Å². The maximum atomic E-state index is 3.00.